The van der Waals surface area contributed by atoms with Gasteiger partial charge in [-0.1, -0.05) is 59.8 Å². The largest absolute Gasteiger partial charge is 0.361 e. The van der Waals surface area contributed by atoms with Crippen LogP contribution in [-0.2, 0) is 0 Å². The van der Waals surface area contributed by atoms with Crippen LogP contribution in [0.5, 0.6) is 0 Å². The van der Waals surface area contributed by atoms with E-state index in [1.165, 1.54) is 0 Å². The van der Waals surface area contributed by atoms with Gasteiger partial charge in [-0.25, -0.2) is 0 Å². The topological polar surface area (TPSA) is 43.1 Å². The minimum atomic E-state index is 0.0286. The number of ketones is 1. The van der Waals surface area contributed by atoms with E-state index >= 15 is 0 Å². The van der Waals surface area contributed by atoms with Gasteiger partial charge in [-0.05, 0) is 19.4 Å². The van der Waals surface area contributed by atoms with E-state index in [1.807, 2.05) is 68.4 Å². The van der Waals surface area contributed by atoms with E-state index < -0.39 is 0 Å². The van der Waals surface area contributed by atoms with E-state index in [0.717, 1.165) is 22.6 Å². The molecule has 3 rings (SSSR count). The Kier molecular flexibility index (Phi) is 3.40. The van der Waals surface area contributed by atoms with Gasteiger partial charge >= 0.3 is 0 Å². The number of hydrogen-bond acceptors (Lipinski definition) is 3. The molecule has 0 amide bonds. The third kappa shape index (κ3) is 2.50. The van der Waals surface area contributed by atoms with Crippen LogP contribution in [-0.4, -0.2) is 10.9 Å². The summed E-state index contributed by atoms with van der Waals surface area (Å²) in [5, 5.41) is 3.96. The van der Waals surface area contributed by atoms with Crippen molar-refractivity contribution in [3.8, 4) is 11.1 Å². The van der Waals surface area contributed by atoms with Crippen molar-refractivity contribution in [3.63, 3.8) is 0 Å². The zero-order valence-corrected chi connectivity index (χ0v) is 12.0. The predicted molar refractivity (Wildman–Crippen MR) is 81.3 cm³/mol. The molecule has 1 heterocycles. The summed E-state index contributed by atoms with van der Waals surface area (Å²) in [6.45, 7) is 3.80. The molecule has 0 aliphatic rings. The number of aromatic nitrogens is 1. The summed E-state index contributed by atoms with van der Waals surface area (Å²) in [4.78, 5) is 12.3. The van der Waals surface area contributed by atoms with Crippen molar-refractivity contribution in [2.45, 2.75) is 13.8 Å². The minimum Gasteiger partial charge on any atom is -0.361 e. The molecule has 0 bridgehead atoms. The number of rotatable bonds is 3. The van der Waals surface area contributed by atoms with Crippen LogP contribution in [0.1, 0.15) is 27.4 Å². The van der Waals surface area contributed by atoms with Gasteiger partial charge in [0.15, 0.2) is 5.78 Å². The molecule has 3 heteroatoms. The highest BCUT2D eigenvalue weighted by Gasteiger charge is 2.13. The van der Waals surface area contributed by atoms with Crippen molar-refractivity contribution >= 4 is 5.78 Å². The third-order valence-electron chi connectivity index (χ3n) is 3.51. The van der Waals surface area contributed by atoms with Crippen LogP contribution in [0.3, 0.4) is 0 Å². The smallest absolute Gasteiger partial charge is 0.193 e. The molecular weight excluding hydrogens is 262 g/mol. The van der Waals surface area contributed by atoms with Gasteiger partial charge in [0.2, 0.25) is 0 Å². The van der Waals surface area contributed by atoms with Gasteiger partial charge < -0.3 is 4.52 Å². The maximum atomic E-state index is 12.3. The molecule has 0 aliphatic carbocycles. The summed E-state index contributed by atoms with van der Waals surface area (Å²) in [5.41, 5.74) is 4.23. The zero-order valence-electron chi connectivity index (χ0n) is 12.0. The normalized spacial score (nSPS) is 10.6. The molecule has 2 aromatic carbocycles. The Labute approximate surface area is 123 Å². The number of carbonyl (C=O) groups excluding carboxylic acids is 1. The van der Waals surface area contributed by atoms with Crippen LogP contribution >= 0.6 is 0 Å². The molecule has 3 nitrogen and oxygen atoms in total. The molecule has 0 atom stereocenters. The Balaban J connectivity index is 1.93. The van der Waals surface area contributed by atoms with E-state index in [2.05, 4.69) is 5.16 Å². The Morgan fingerprint density at radius 3 is 2.10 bits per heavy atom. The van der Waals surface area contributed by atoms with Crippen molar-refractivity contribution in [2.75, 3.05) is 0 Å². The lowest BCUT2D eigenvalue weighted by atomic mass is 9.99. The van der Waals surface area contributed by atoms with Crippen molar-refractivity contribution in [1.82, 2.24) is 5.16 Å². The van der Waals surface area contributed by atoms with Gasteiger partial charge in [-0.15, -0.1) is 0 Å². The first kappa shape index (κ1) is 13.3. The average molecular weight is 277 g/mol. The first-order valence-corrected chi connectivity index (χ1v) is 6.80. The van der Waals surface area contributed by atoms with Crippen molar-refractivity contribution in [2.24, 2.45) is 0 Å². The van der Waals surface area contributed by atoms with E-state index in [1.54, 1.807) is 0 Å². The maximum Gasteiger partial charge on any atom is 0.193 e. The van der Waals surface area contributed by atoms with Crippen LogP contribution in [0.4, 0.5) is 0 Å². The molecule has 21 heavy (non-hydrogen) atoms. The second kappa shape index (κ2) is 5.37. The van der Waals surface area contributed by atoms with Crippen molar-refractivity contribution in [3.05, 3.63) is 77.2 Å². The highest BCUT2D eigenvalue weighted by atomic mass is 16.5. The predicted octanol–water partition coefficient (Wildman–Crippen LogP) is 4.19. The monoisotopic (exact) mass is 277 g/mol. The molecule has 0 unspecified atom stereocenters. The summed E-state index contributed by atoms with van der Waals surface area (Å²) >= 11 is 0. The summed E-state index contributed by atoms with van der Waals surface area (Å²) in [6.07, 6.45) is 0. The Morgan fingerprint density at radius 2 is 1.52 bits per heavy atom. The highest BCUT2D eigenvalue weighted by molar-refractivity contribution is 6.09. The van der Waals surface area contributed by atoms with Crippen LogP contribution in [0.15, 0.2) is 59.1 Å². The summed E-state index contributed by atoms with van der Waals surface area (Å²) in [5.74, 6) is 0.815. The van der Waals surface area contributed by atoms with E-state index in [9.17, 15) is 4.79 Å². The van der Waals surface area contributed by atoms with Crippen molar-refractivity contribution in [1.29, 1.82) is 0 Å². The second-order valence-electron chi connectivity index (χ2n) is 4.97. The number of hydrogen-bond donors (Lipinski definition) is 0. The van der Waals surface area contributed by atoms with E-state index in [4.69, 9.17) is 4.52 Å². The van der Waals surface area contributed by atoms with Crippen molar-refractivity contribution < 1.29 is 9.32 Å². The van der Waals surface area contributed by atoms with Gasteiger partial charge in [0.25, 0.3) is 0 Å². The third-order valence-corrected chi connectivity index (χ3v) is 3.51. The standard InChI is InChI=1S/C18H15NO2/c1-12-17(13(2)21-19-12)14-8-10-16(11-9-14)18(20)15-6-4-3-5-7-15/h3-11H,1-2H3. The van der Waals surface area contributed by atoms with Gasteiger partial charge in [0.1, 0.15) is 5.76 Å². The van der Waals surface area contributed by atoms with Gasteiger partial charge in [-0.3, -0.25) is 4.79 Å². The van der Waals surface area contributed by atoms with Crippen LogP contribution in [0.2, 0.25) is 0 Å². The fraction of sp³-hybridized carbons (Fsp3) is 0.111. The molecule has 0 aliphatic heterocycles. The summed E-state index contributed by atoms with van der Waals surface area (Å²) < 4.78 is 5.18. The van der Waals surface area contributed by atoms with Crippen LogP contribution < -0.4 is 0 Å². The first-order chi connectivity index (χ1) is 10.2. The second-order valence-corrected chi connectivity index (χ2v) is 4.97. The number of nitrogens with zero attached hydrogens (tertiary/aromatic N) is 1. The van der Waals surface area contributed by atoms with E-state index in [-0.39, 0.29) is 5.78 Å². The Hall–Kier alpha value is -2.68. The van der Waals surface area contributed by atoms with Gasteiger partial charge in [-0.2, -0.15) is 0 Å². The molecule has 0 saturated carbocycles. The number of aryl methyl sites for hydroxylation is 2. The van der Waals surface area contributed by atoms with E-state index in [0.29, 0.717) is 11.1 Å². The molecule has 0 saturated heterocycles. The molecule has 1 aromatic heterocycles. The number of benzene rings is 2. The molecule has 3 aromatic rings. The Morgan fingerprint density at radius 1 is 0.905 bits per heavy atom. The molecule has 0 radical (unpaired) electrons. The van der Waals surface area contributed by atoms with Crippen LogP contribution in [0.25, 0.3) is 11.1 Å². The molecule has 0 fully saturated rings. The fourth-order valence-electron chi connectivity index (χ4n) is 2.44. The quantitative estimate of drug-likeness (QED) is 0.674. The summed E-state index contributed by atoms with van der Waals surface area (Å²) in [6, 6.07) is 16.8. The molecule has 0 N–H and O–H groups in total. The zero-order chi connectivity index (χ0) is 14.8. The average Bonchev–Trinajstić information content (AvgIpc) is 2.87. The lowest BCUT2D eigenvalue weighted by molar-refractivity contribution is 0.103. The lowest BCUT2D eigenvalue weighted by Gasteiger charge is -2.04. The summed E-state index contributed by atoms with van der Waals surface area (Å²) in [7, 11) is 0. The Bertz CT molecular complexity index is 751. The number of carbonyl (C=O) groups is 1. The molecule has 0 spiro atoms. The van der Waals surface area contributed by atoms with Crippen LogP contribution in [0, 0.1) is 13.8 Å². The van der Waals surface area contributed by atoms with Gasteiger partial charge in [0, 0.05) is 16.7 Å². The fourth-order valence-corrected chi connectivity index (χ4v) is 2.44. The highest BCUT2D eigenvalue weighted by Crippen LogP contribution is 2.27. The maximum absolute atomic E-state index is 12.3. The SMILES string of the molecule is Cc1noc(C)c1-c1ccc(C(=O)c2ccccc2)cc1. The van der Waals surface area contributed by atoms with Gasteiger partial charge in [0.05, 0.1) is 5.69 Å². The molecular formula is C18H15NO2. The minimum absolute atomic E-state index is 0.0286. The first-order valence-electron chi connectivity index (χ1n) is 6.80. The lowest BCUT2D eigenvalue weighted by Crippen LogP contribution is -2.00. The molecule has 104 valence electrons.